The Morgan fingerprint density at radius 1 is 0.955 bits per heavy atom. The number of hydrogen-bond acceptors (Lipinski definition) is 2. The Hall–Kier alpha value is -1.06. The molecule has 1 aliphatic heterocycles. The van der Waals surface area contributed by atoms with Gasteiger partial charge in [-0.3, -0.25) is 0 Å². The molecule has 0 fully saturated rings. The van der Waals surface area contributed by atoms with E-state index < -0.39 is 0 Å². The molecule has 1 aliphatic rings. The van der Waals surface area contributed by atoms with Gasteiger partial charge in [-0.15, -0.1) is 24.8 Å². The van der Waals surface area contributed by atoms with E-state index in [-0.39, 0.29) is 24.8 Å². The molecule has 0 aliphatic carbocycles. The van der Waals surface area contributed by atoms with Crippen LogP contribution in [-0.4, -0.2) is 19.6 Å². The van der Waals surface area contributed by atoms with E-state index in [0.29, 0.717) is 12.0 Å². The van der Waals surface area contributed by atoms with Crippen LogP contribution in [0.5, 0.6) is 0 Å². The highest BCUT2D eigenvalue weighted by atomic mass is 35.5. The van der Waals surface area contributed by atoms with Crippen LogP contribution in [0.4, 0.5) is 0 Å². The molecule has 0 saturated carbocycles. The van der Waals surface area contributed by atoms with E-state index >= 15 is 0 Å². The van der Waals surface area contributed by atoms with Crippen LogP contribution >= 0.6 is 24.8 Å². The molecule has 4 heteroatoms. The quantitative estimate of drug-likeness (QED) is 0.882. The second-order valence-electron chi connectivity index (χ2n) is 5.36. The van der Waals surface area contributed by atoms with E-state index in [2.05, 4.69) is 72.2 Å². The molecule has 0 amide bonds. The van der Waals surface area contributed by atoms with Gasteiger partial charge < -0.3 is 10.6 Å². The van der Waals surface area contributed by atoms with Gasteiger partial charge in [-0.1, -0.05) is 61.5 Å². The van der Waals surface area contributed by atoms with E-state index in [1.54, 1.807) is 0 Å². The van der Waals surface area contributed by atoms with Gasteiger partial charge in [0, 0.05) is 25.0 Å². The van der Waals surface area contributed by atoms with Crippen LogP contribution in [0.1, 0.15) is 35.6 Å². The Balaban J connectivity index is 0.00000121. The maximum absolute atomic E-state index is 3.70. The Morgan fingerprint density at radius 3 is 2.27 bits per heavy atom. The molecule has 0 saturated heterocycles. The molecule has 0 radical (unpaired) electrons. The summed E-state index contributed by atoms with van der Waals surface area (Å²) < 4.78 is 0. The average molecular weight is 339 g/mol. The monoisotopic (exact) mass is 338 g/mol. The molecule has 2 N–H and O–H groups in total. The second kappa shape index (κ2) is 9.16. The number of likely N-dealkylation sites (N-methyl/N-ethyl adjacent to an activating group) is 1. The zero-order valence-electron chi connectivity index (χ0n) is 12.8. The third kappa shape index (κ3) is 4.02. The van der Waals surface area contributed by atoms with Gasteiger partial charge in [0.15, 0.2) is 0 Å². The van der Waals surface area contributed by atoms with Crippen molar-refractivity contribution in [3.8, 4) is 0 Å². The summed E-state index contributed by atoms with van der Waals surface area (Å²) in [6.07, 6.45) is 0. The molecular weight excluding hydrogens is 315 g/mol. The summed E-state index contributed by atoms with van der Waals surface area (Å²) in [4.78, 5) is 0. The standard InChI is InChI=1S/C18H22N2.2ClH/c1-2-19-13-18-16-11-7-6-10-15(16)17(12-20-18)14-8-4-3-5-9-14;;/h3-11,17-20H,2,12-13H2,1H3;2*1H. The molecule has 2 atom stereocenters. The first-order chi connectivity index (χ1) is 9.90. The van der Waals surface area contributed by atoms with Crippen molar-refractivity contribution in [1.82, 2.24) is 10.6 Å². The van der Waals surface area contributed by atoms with Crippen LogP contribution in [0.15, 0.2) is 54.6 Å². The molecule has 0 spiro atoms. The number of benzene rings is 2. The molecule has 3 rings (SSSR count). The van der Waals surface area contributed by atoms with Crippen LogP contribution in [-0.2, 0) is 0 Å². The highest BCUT2D eigenvalue weighted by molar-refractivity contribution is 5.85. The number of nitrogens with one attached hydrogen (secondary N) is 2. The summed E-state index contributed by atoms with van der Waals surface area (Å²) in [6, 6.07) is 20.1. The molecule has 22 heavy (non-hydrogen) atoms. The van der Waals surface area contributed by atoms with Crippen molar-refractivity contribution in [2.45, 2.75) is 18.9 Å². The van der Waals surface area contributed by atoms with Crippen molar-refractivity contribution in [2.75, 3.05) is 19.6 Å². The third-order valence-corrected chi connectivity index (χ3v) is 4.12. The normalized spacial score (nSPS) is 19.5. The highest BCUT2D eigenvalue weighted by Crippen LogP contribution is 2.33. The Morgan fingerprint density at radius 2 is 1.59 bits per heavy atom. The van der Waals surface area contributed by atoms with Gasteiger partial charge in [-0.2, -0.15) is 0 Å². The van der Waals surface area contributed by atoms with Gasteiger partial charge in [-0.05, 0) is 23.2 Å². The molecule has 2 aromatic carbocycles. The lowest BCUT2D eigenvalue weighted by atomic mass is 9.82. The Labute approximate surface area is 145 Å². The molecule has 2 unspecified atom stereocenters. The summed E-state index contributed by atoms with van der Waals surface area (Å²) in [7, 11) is 0. The van der Waals surface area contributed by atoms with Crippen molar-refractivity contribution in [3.05, 3.63) is 71.3 Å². The van der Waals surface area contributed by atoms with Gasteiger partial charge in [-0.25, -0.2) is 0 Å². The summed E-state index contributed by atoms with van der Waals surface area (Å²) >= 11 is 0. The minimum atomic E-state index is 0. The predicted molar refractivity (Wildman–Crippen MR) is 98.5 cm³/mol. The van der Waals surface area contributed by atoms with Crippen molar-refractivity contribution < 1.29 is 0 Å². The minimum absolute atomic E-state index is 0. The molecule has 2 aromatic rings. The Kier molecular flexibility index (Phi) is 7.91. The second-order valence-corrected chi connectivity index (χ2v) is 5.36. The van der Waals surface area contributed by atoms with E-state index in [1.807, 2.05) is 0 Å². The molecule has 2 nitrogen and oxygen atoms in total. The fourth-order valence-corrected chi connectivity index (χ4v) is 3.08. The number of rotatable bonds is 4. The lowest BCUT2D eigenvalue weighted by Crippen LogP contribution is -2.39. The maximum atomic E-state index is 3.70. The van der Waals surface area contributed by atoms with Gasteiger partial charge in [0.25, 0.3) is 0 Å². The Bertz CT molecular complexity index is 560. The highest BCUT2D eigenvalue weighted by Gasteiger charge is 2.26. The van der Waals surface area contributed by atoms with Crippen LogP contribution in [0.3, 0.4) is 0 Å². The fraction of sp³-hybridized carbons (Fsp3) is 0.333. The van der Waals surface area contributed by atoms with Crippen LogP contribution in [0, 0.1) is 0 Å². The van der Waals surface area contributed by atoms with Gasteiger partial charge >= 0.3 is 0 Å². The summed E-state index contributed by atoms with van der Waals surface area (Å²) in [5.41, 5.74) is 4.31. The first kappa shape index (κ1) is 19.0. The minimum Gasteiger partial charge on any atom is -0.315 e. The summed E-state index contributed by atoms with van der Waals surface area (Å²) in [6.45, 7) is 5.18. The van der Waals surface area contributed by atoms with Crippen LogP contribution in [0.25, 0.3) is 0 Å². The molecule has 1 heterocycles. The summed E-state index contributed by atoms with van der Waals surface area (Å²) in [5.74, 6) is 0.463. The number of hydrogen-bond donors (Lipinski definition) is 2. The van der Waals surface area contributed by atoms with Crippen molar-refractivity contribution in [1.29, 1.82) is 0 Å². The zero-order valence-corrected chi connectivity index (χ0v) is 14.4. The maximum Gasteiger partial charge on any atom is 0.0450 e. The topological polar surface area (TPSA) is 24.1 Å². The fourth-order valence-electron chi connectivity index (χ4n) is 3.08. The van der Waals surface area contributed by atoms with Gasteiger partial charge in [0.05, 0.1) is 0 Å². The van der Waals surface area contributed by atoms with E-state index in [4.69, 9.17) is 0 Å². The first-order valence-electron chi connectivity index (χ1n) is 7.48. The molecule has 0 bridgehead atoms. The van der Waals surface area contributed by atoms with Crippen molar-refractivity contribution in [2.24, 2.45) is 0 Å². The van der Waals surface area contributed by atoms with E-state index in [1.165, 1.54) is 16.7 Å². The number of fused-ring (bicyclic) bond motifs is 1. The van der Waals surface area contributed by atoms with Crippen LogP contribution in [0.2, 0.25) is 0 Å². The van der Waals surface area contributed by atoms with Crippen LogP contribution < -0.4 is 10.6 Å². The molecular formula is C18H24Cl2N2. The molecule has 120 valence electrons. The van der Waals surface area contributed by atoms with Gasteiger partial charge in [0.1, 0.15) is 0 Å². The third-order valence-electron chi connectivity index (χ3n) is 4.12. The lowest BCUT2D eigenvalue weighted by molar-refractivity contribution is 0.454. The smallest absolute Gasteiger partial charge is 0.0450 e. The average Bonchev–Trinajstić information content (AvgIpc) is 2.53. The molecule has 0 aromatic heterocycles. The first-order valence-corrected chi connectivity index (χ1v) is 7.48. The van der Waals surface area contributed by atoms with Crippen molar-refractivity contribution >= 4 is 24.8 Å². The number of halogens is 2. The van der Waals surface area contributed by atoms with Crippen molar-refractivity contribution in [3.63, 3.8) is 0 Å². The SMILES string of the molecule is CCNCC1NCC(c2ccccc2)c2ccccc21.Cl.Cl. The largest absolute Gasteiger partial charge is 0.315 e. The van der Waals surface area contributed by atoms with E-state index in [9.17, 15) is 0 Å². The predicted octanol–water partition coefficient (Wildman–Crippen LogP) is 3.92. The van der Waals surface area contributed by atoms with E-state index in [0.717, 1.165) is 19.6 Å². The zero-order chi connectivity index (χ0) is 13.8. The van der Waals surface area contributed by atoms with Gasteiger partial charge in [0.2, 0.25) is 0 Å². The lowest BCUT2D eigenvalue weighted by Gasteiger charge is -2.33. The summed E-state index contributed by atoms with van der Waals surface area (Å²) in [5, 5.41) is 7.15.